The summed E-state index contributed by atoms with van der Waals surface area (Å²) in [5, 5.41) is 5.19. The van der Waals surface area contributed by atoms with Gasteiger partial charge < -0.3 is 10.1 Å². The molecule has 0 saturated carbocycles. The normalized spacial score (nSPS) is 12.8. The first-order valence-electron chi connectivity index (χ1n) is 9.33. The summed E-state index contributed by atoms with van der Waals surface area (Å²) in [4.78, 5) is 13.6. The van der Waals surface area contributed by atoms with E-state index in [0.29, 0.717) is 0 Å². The molecule has 0 bridgehead atoms. The summed E-state index contributed by atoms with van der Waals surface area (Å²) in [6.07, 6.45) is 3.58. The largest absolute Gasteiger partial charge is 0.444 e. The Labute approximate surface area is 161 Å². The Morgan fingerprint density at radius 2 is 1.88 bits per heavy atom. The minimum atomic E-state index is -0.487. The van der Waals surface area contributed by atoms with Crippen LogP contribution in [0, 0.1) is 5.92 Å². The van der Waals surface area contributed by atoms with Gasteiger partial charge in [-0.1, -0.05) is 56.2 Å². The Morgan fingerprint density at radius 3 is 2.46 bits per heavy atom. The zero-order valence-electron chi connectivity index (χ0n) is 16.2. The fourth-order valence-electron chi connectivity index (χ4n) is 2.85. The molecule has 2 rings (SSSR count). The van der Waals surface area contributed by atoms with Crippen molar-refractivity contribution in [3.05, 3.63) is 64.2 Å². The minimum Gasteiger partial charge on any atom is -0.444 e. The maximum atomic E-state index is 12.3. The van der Waals surface area contributed by atoms with Gasteiger partial charge in [-0.25, -0.2) is 4.79 Å². The highest BCUT2D eigenvalue weighted by molar-refractivity contribution is 7.10. The van der Waals surface area contributed by atoms with Crippen LogP contribution in [-0.4, -0.2) is 17.7 Å². The van der Waals surface area contributed by atoms with Gasteiger partial charge in [0.25, 0.3) is 0 Å². The molecule has 1 amide bonds. The van der Waals surface area contributed by atoms with Crippen LogP contribution < -0.4 is 5.32 Å². The lowest BCUT2D eigenvalue weighted by Gasteiger charge is -2.26. The van der Waals surface area contributed by atoms with E-state index < -0.39 is 5.60 Å². The number of benzene rings is 1. The maximum absolute atomic E-state index is 12.3. The van der Waals surface area contributed by atoms with Crippen LogP contribution in [0.3, 0.4) is 0 Å². The average molecular weight is 373 g/mol. The molecule has 1 radical (unpaired) electrons. The van der Waals surface area contributed by atoms with E-state index in [1.165, 1.54) is 16.4 Å². The molecule has 1 N–H and O–H groups in total. The molecule has 0 aliphatic heterocycles. The third-order valence-corrected chi connectivity index (χ3v) is 4.95. The monoisotopic (exact) mass is 372 g/mol. The van der Waals surface area contributed by atoms with Crippen LogP contribution in [-0.2, 0) is 4.74 Å². The Bertz CT molecular complexity index is 647. The Balaban J connectivity index is 2.15. The van der Waals surface area contributed by atoms with Gasteiger partial charge in [-0.3, -0.25) is 0 Å². The molecule has 1 atom stereocenters. The van der Waals surface area contributed by atoms with Crippen LogP contribution in [0.4, 0.5) is 4.79 Å². The summed E-state index contributed by atoms with van der Waals surface area (Å²) < 4.78 is 5.47. The molecular weight excluding hydrogens is 342 g/mol. The highest BCUT2D eigenvalue weighted by atomic mass is 32.1. The van der Waals surface area contributed by atoms with Gasteiger partial charge in [-0.2, -0.15) is 0 Å². The van der Waals surface area contributed by atoms with Crippen molar-refractivity contribution in [3.63, 3.8) is 0 Å². The van der Waals surface area contributed by atoms with E-state index in [2.05, 4.69) is 54.0 Å². The van der Waals surface area contributed by atoms with Crippen molar-refractivity contribution in [2.45, 2.75) is 65.0 Å². The number of alkyl carbamates (subject to hydrolysis) is 1. The summed E-state index contributed by atoms with van der Waals surface area (Å²) in [5.41, 5.74) is 0.724. The van der Waals surface area contributed by atoms with Crippen LogP contribution in [0.25, 0.3) is 0 Å². The topological polar surface area (TPSA) is 38.3 Å². The number of hydrogen-bond acceptors (Lipinski definition) is 3. The molecule has 0 aliphatic rings. The third-order valence-electron chi connectivity index (χ3n) is 4.02. The second-order valence-corrected chi connectivity index (χ2v) is 8.46. The van der Waals surface area contributed by atoms with Crippen molar-refractivity contribution in [2.75, 3.05) is 0 Å². The average Bonchev–Trinajstić information content (AvgIpc) is 3.10. The van der Waals surface area contributed by atoms with E-state index in [9.17, 15) is 4.79 Å². The van der Waals surface area contributed by atoms with Crippen LogP contribution in [0.1, 0.15) is 63.8 Å². The van der Waals surface area contributed by atoms with E-state index in [-0.39, 0.29) is 12.1 Å². The first-order chi connectivity index (χ1) is 12.4. The molecule has 26 heavy (non-hydrogen) atoms. The van der Waals surface area contributed by atoms with Crippen LogP contribution >= 0.6 is 11.3 Å². The quantitative estimate of drug-likeness (QED) is 0.600. The molecule has 3 nitrogen and oxygen atoms in total. The van der Waals surface area contributed by atoms with Crippen LogP contribution in [0.2, 0.25) is 0 Å². The van der Waals surface area contributed by atoms with Gasteiger partial charge in [0, 0.05) is 16.8 Å². The zero-order valence-corrected chi connectivity index (χ0v) is 17.1. The second-order valence-electron chi connectivity index (χ2n) is 7.51. The molecule has 2 aromatic rings. The van der Waals surface area contributed by atoms with E-state index in [1.54, 1.807) is 11.3 Å². The summed E-state index contributed by atoms with van der Waals surface area (Å²) in [6.45, 7) is 7.84. The van der Waals surface area contributed by atoms with Gasteiger partial charge in [0.15, 0.2) is 0 Å². The molecule has 0 spiro atoms. The maximum Gasteiger partial charge on any atom is 0.407 e. The molecule has 0 saturated heterocycles. The van der Waals surface area contributed by atoms with Gasteiger partial charge >= 0.3 is 6.09 Å². The summed E-state index contributed by atoms with van der Waals surface area (Å²) in [6, 6.07) is 14.7. The van der Waals surface area contributed by atoms with Crippen molar-refractivity contribution in [1.82, 2.24) is 5.32 Å². The Kier molecular flexibility index (Phi) is 7.70. The fourth-order valence-corrected chi connectivity index (χ4v) is 3.65. The smallest absolute Gasteiger partial charge is 0.407 e. The van der Waals surface area contributed by atoms with Crippen molar-refractivity contribution in [1.29, 1.82) is 0 Å². The SMILES string of the molecule is CCCC[C@@H](C[C](c1ccccc1)c1cccs1)NC(=O)OC(C)(C)C. The summed E-state index contributed by atoms with van der Waals surface area (Å²) in [7, 11) is 0. The third kappa shape index (κ3) is 6.83. The van der Waals surface area contributed by atoms with Crippen molar-refractivity contribution in [3.8, 4) is 0 Å². The van der Waals surface area contributed by atoms with Gasteiger partial charge in [0.1, 0.15) is 5.60 Å². The number of carbonyl (C=O) groups excluding carboxylic acids is 1. The van der Waals surface area contributed by atoms with Crippen LogP contribution in [0.15, 0.2) is 47.8 Å². The van der Waals surface area contributed by atoms with E-state index >= 15 is 0 Å². The van der Waals surface area contributed by atoms with Gasteiger partial charge in [-0.15, -0.1) is 11.3 Å². The first-order valence-corrected chi connectivity index (χ1v) is 10.2. The van der Waals surface area contributed by atoms with Gasteiger partial charge in [-0.05, 0) is 50.6 Å². The lowest BCUT2D eigenvalue weighted by atomic mass is 9.89. The summed E-state index contributed by atoms with van der Waals surface area (Å²) in [5.74, 6) is 1.28. The molecule has 0 aliphatic carbocycles. The van der Waals surface area contributed by atoms with Crippen molar-refractivity contribution < 1.29 is 9.53 Å². The molecule has 1 heterocycles. The highest BCUT2D eigenvalue weighted by Gasteiger charge is 2.24. The van der Waals surface area contributed by atoms with E-state index in [0.717, 1.165) is 25.7 Å². The number of nitrogens with one attached hydrogen (secondary N) is 1. The zero-order chi connectivity index (χ0) is 19.0. The van der Waals surface area contributed by atoms with Crippen molar-refractivity contribution in [2.24, 2.45) is 0 Å². The van der Waals surface area contributed by atoms with Gasteiger partial charge in [0.2, 0.25) is 0 Å². The highest BCUT2D eigenvalue weighted by Crippen LogP contribution is 2.32. The number of thiophene rings is 1. The molecular formula is C22H30NO2S. The number of carbonyl (C=O) groups is 1. The standard InChI is InChI=1S/C22H30NO2S/c1-5-6-13-18(23-21(24)25-22(2,3)4)16-19(20-14-10-15-26-20)17-11-8-7-9-12-17/h7-12,14-15,18H,5-6,13,16H2,1-4H3,(H,23,24)/t18-/m0/s1. The Morgan fingerprint density at radius 1 is 1.15 bits per heavy atom. The fraction of sp³-hybridized carbons (Fsp3) is 0.455. The number of ether oxygens (including phenoxy) is 1. The predicted molar refractivity (Wildman–Crippen MR) is 110 cm³/mol. The van der Waals surface area contributed by atoms with E-state index in [4.69, 9.17) is 4.74 Å². The minimum absolute atomic E-state index is 0.0575. The lowest BCUT2D eigenvalue weighted by molar-refractivity contribution is 0.0500. The van der Waals surface area contributed by atoms with Crippen LogP contribution in [0.5, 0.6) is 0 Å². The first kappa shape index (κ1) is 20.5. The molecule has 0 unspecified atom stereocenters. The molecule has 141 valence electrons. The molecule has 1 aromatic heterocycles. The number of hydrogen-bond donors (Lipinski definition) is 1. The lowest BCUT2D eigenvalue weighted by Crippen LogP contribution is -2.40. The molecule has 0 fully saturated rings. The number of unbranched alkanes of at least 4 members (excludes halogenated alkanes) is 1. The number of rotatable bonds is 8. The molecule has 4 heteroatoms. The Hall–Kier alpha value is -1.81. The predicted octanol–water partition coefficient (Wildman–Crippen LogP) is 6.19. The summed E-state index contributed by atoms with van der Waals surface area (Å²) >= 11 is 1.74. The second kappa shape index (κ2) is 9.77. The van der Waals surface area contributed by atoms with E-state index in [1.807, 2.05) is 26.8 Å². The molecule has 1 aromatic carbocycles. The number of amides is 1. The van der Waals surface area contributed by atoms with Gasteiger partial charge in [0.05, 0.1) is 0 Å². The van der Waals surface area contributed by atoms with Crippen molar-refractivity contribution >= 4 is 17.4 Å².